The highest BCUT2D eigenvalue weighted by Crippen LogP contribution is 2.32. The molecule has 8 nitrogen and oxygen atoms in total. The molecule has 0 aliphatic carbocycles. The molecule has 2 aromatic carbocycles. The van der Waals surface area contributed by atoms with E-state index >= 15 is 0 Å². The van der Waals surface area contributed by atoms with Gasteiger partial charge in [-0.05, 0) is 43.7 Å². The van der Waals surface area contributed by atoms with E-state index in [1.54, 1.807) is 31.0 Å². The summed E-state index contributed by atoms with van der Waals surface area (Å²) in [6.45, 7) is 5.17. The van der Waals surface area contributed by atoms with Gasteiger partial charge in [-0.25, -0.2) is 18.4 Å². The first-order chi connectivity index (χ1) is 17.7. The predicted octanol–water partition coefficient (Wildman–Crippen LogP) is 3.32. The van der Waals surface area contributed by atoms with Gasteiger partial charge in [0.1, 0.15) is 11.6 Å². The van der Waals surface area contributed by atoms with Crippen molar-refractivity contribution < 1.29 is 27.9 Å². The van der Waals surface area contributed by atoms with Crippen molar-refractivity contribution in [3.63, 3.8) is 0 Å². The lowest BCUT2D eigenvalue weighted by atomic mass is 9.94. The Morgan fingerprint density at radius 2 is 1.86 bits per heavy atom. The topological polar surface area (TPSA) is 82.2 Å². The summed E-state index contributed by atoms with van der Waals surface area (Å²) in [5.41, 5.74) is 1.12. The third-order valence-electron chi connectivity index (χ3n) is 6.70. The number of esters is 1. The Kier molecular flexibility index (Phi) is 7.87. The molecule has 3 amide bonds. The Morgan fingerprint density at radius 3 is 2.54 bits per heavy atom. The number of piperazine rings is 1. The molecule has 1 saturated heterocycles. The molecule has 0 saturated carbocycles. The fraction of sp³-hybridized carbons (Fsp3) is 0.370. The molecule has 2 heterocycles. The maximum atomic E-state index is 14.2. The molecule has 2 aromatic rings. The van der Waals surface area contributed by atoms with Crippen molar-refractivity contribution in [1.82, 2.24) is 20.0 Å². The summed E-state index contributed by atoms with van der Waals surface area (Å²) in [6.07, 6.45) is 0. The van der Waals surface area contributed by atoms with E-state index in [2.05, 4.69) is 5.32 Å². The zero-order chi connectivity index (χ0) is 26.7. The first-order valence-corrected chi connectivity index (χ1v) is 12.2. The number of amides is 3. The molecule has 2 unspecified atom stereocenters. The second-order valence-corrected chi connectivity index (χ2v) is 9.14. The van der Waals surface area contributed by atoms with Crippen molar-refractivity contribution in [3.8, 4) is 0 Å². The summed E-state index contributed by atoms with van der Waals surface area (Å²) in [6, 6.07) is 10.1. The zero-order valence-electron chi connectivity index (χ0n) is 21.0. The van der Waals surface area contributed by atoms with E-state index in [4.69, 9.17) is 4.74 Å². The molecule has 2 aliphatic rings. The van der Waals surface area contributed by atoms with Gasteiger partial charge in [-0.2, -0.15) is 0 Å². The van der Waals surface area contributed by atoms with Gasteiger partial charge in [0.15, 0.2) is 0 Å². The predicted molar refractivity (Wildman–Crippen MR) is 132 cm³/mol. The Morgan fingerprint density at radius 1 is 1.11 bits per heavy atom. The smallest absolute Gasteiger partial charge is 0.338 e. The van der Waals surface area contributed by atoms with Gasteiger partial charge in [-0.15, -0.1) is 0 Å². The Balaban J connectivity index is 1.61. The summed E-state index contributed by atoms with van der Waals surface area (Å²) in [5.74, 6) is -2.03. The van der Waals surface area contributed by atoms with Crippen LogP contribution in [0.15, 0.2) is 59.8 Å². The van der Waals surface area contributed by atoms with Gasteiger partial charge in [0.05, 0.1) is 23.8 Å². The molecule has 0 spiro atoms. The monoisotopic (exact) mass is 512 g/mol. The minimum atomic E-state index is -0.880. The van der Waals surface area contributed by atoms with E-state index in [0.717, 1.165) is 0 Å². The SMILES string of the molecule is CCOC(=O)C1=C(CN2CCN(C(=O)c3ccccc3F)C(C)C2)N(C)C(=O)NC1c1cccc(F)c1. The number of carbonyl (C=O) groups is 3. The average Bonchev–Trinajstić information content (AvgIpc) is 2.86. The van der Waals surface area contributed by atoms with Crippen LogP contribution in [0.2, 0.25) is 0 Å². The highest BCUT2D eigenvalue weighted by Gasteiger charge is 2.38. The second kappa shape index (κ2) is 11.1. The van der Waals surface area contributed by atoms with Gasteiger partial charge in [0, 0.05) is 45.0 Å². The van der Waals surface area contributed by atoms with Crippen LogP contribution < -0.4 is 5.32 Å². The van der Waals surface area contributed by atoms with Crippen LogP contribution in [0.25, 0.3) is 0 Å². The summed E-state index contributed by atoms with van der Waals surface area (Å²) in [5, 5.41) is 2.78. The highest BCUT2D eigenvalue weighted by atomic mass is 19.1. The molecule has 4 rings (SSSR count). The van der Waals surface area contributed by atoms with Crippen LogP contribution in [0, 0.1) is 11.6 Å². The summed E-state index contributed by atoms with van der Waals surface area (Å²) in [7, 11) is 1.56. The minimum absolute atomic E-state index is 0.0247. The fourth-order valence-corrected chi connectivity index (χ4v) is 4.81. The van der Waals surface area contributed by atoms with Crippen molar-refractivity contribution in [2.24, 2.45) is 0 Å². The number of halogens is 2. The number of likely N-dealkylation sites (N-methyl/N-ethyl adjacent to an activating group) is 1. The number of rotatable bonds is 6. The third kappa shape index (κ3) is 5.48. The summed E-state index contributed by atoms with van der Waals surface area (Å²) < 4.78 is 33.5. The van der Waals surface area contributed by atoms with Gasteiger partial charge in [0.2, 0.25) is 0 Å². The van der Waals surface area contributed by atoms with Gasteiger partial charge < -0.3 is 15.0 Å². The number of hydrogen-bond acceptors (Lipinski definition) is 5. The van der Waals surface area contributed by atoms with E-state index in [0.29, 0.717) is 30.9 Å². The third-order valence-corrected chi connectivity index (χ3v) is 6.70. The Bertz CT molecular complexity index is 1230. The molecular formula is C27H30F2N4O4. The minimum Gasteiger partial charge on any atom is -0.463 e. The first kappa shape index (κ1) is 26.3. The molecule has 1 N–H and O–H groups in total. The number of ether oxygens (including phenoxy) is 1. The van der Waals surface area contributed by atoms with E-state index in [1.807, 2.05) is 11.8 Å². The number of carbonyl (C=O) groups excluding carboxylic acids is 3. The van der Waals surface area contributed by atoms with Gasteiger partial charge in [-0.3, -0.25) is 14.6 Å². The number of nitrogens with zero attached hydrogens (tertiary/aromatic N) is 3. The number of benzene rings is 2. The molecule has 0 bridgehead atoms. The van der Waals surface area contributed by atoms with Gasteiger partial charge in [0.25, 0.3) is 5.91 Å². The van der Waals surface area contributed by atoms with E-state index < -0.39 is 29.7 Å². The maximum absolute atomic E-state index is 14.2. The number of nitrogens with one attached hydrogen (secondary N) is 1. The largest absolute Gasteiger partial charge is 0.463 e. The molecule has 2 aliphatic heterocycles. The van der Waals surface area contributed by atoms with Crippen molar-refractivity contribution in [1.29, 1.82) is 0 Å². The normalized spacial score (nSPS) is 20.6. The van der Waals surface area contributed by atoms with E-state index in [1.165, 1.54) is 41.3 Å². The number of hydrogen-bond donors (Lipinski definition) is 1. The molecule has 1 fully saturated rings. The first-order valence-electron chi connectivity index (χ1n) is 12.2. The van der Waals surface area contributed by atoms with Crippen molar-refractivity contribution in [3.05, 3.63) is 82.6 Å². The van der Waals surface area contributed by atoms with Crippen molar-refractivity contribution >= 4 is 17.9 Å². The average molecular weight is 513 g/mol. The lowest BCUT2D eigenvalue weighted by molar-refractivity contribution is -0.139. The summed E-state index contributed by atoms with van der Waals surface area (Å²) in [4.78, 5) is 44.0. The maximum Gasteiger partial charge on any atom is 0.338 e. The standard InChI is InChI=1S/C27H30F2N4O4/c1-4-37-26(35)23-22(31(3)27(36)30-24(23)18-8-7-9-19(28)14-18)16-32-12-13-33(17(2)15-32)25(34)20-10-5-6-11-21(20)29/h5-11,14,17,24H,4,12-13,15-16H2,1-3H3,(H,30,36). The molecule has 0 radical (unpaired) electrons. The van der Waals surface area contributed by atoms with Crippen LogP contribution in [0.5, 0.6) is 0 Å². The molecule has 37 heavy (non-hydrogen) atoms. The zero-order valence-corrected chi connectivity index (χ0v) is 21.0. The molecule has 2 atom stereocenters. The molecular weight excluding hydrogens is 482 g/mol. The fourth-order valence-electron chi connectivity index (χ4n) is 4.81. The van der Waals surface area contributed by atoms with E-state index in [-0.39, 0.29) is 36.2 Å². The van der Waals surface area contributed by atoms with Crippen LogP contribution in [0.3, 0.4) is 0 Å². The van der Waals surface area contributed by atoms with Crippen LogP contribution in [0.4, 0.5) is 13.6 Å². The molecule has 196 valence electrons. The highest BCUT2D eigenvalue weighted by molar-refractivity contribution is 5.95. The van der Waals surface area contributed by atoms with Crippen LogP contribution in [-0.2, 0) is 9.53 Å². The van der Waals surface area contributed by atoms with Gasteiger partial charge >= 0.3 is 12.0 Å². The van der Waals surface area contributed by atoms with Crippen LogP contribution in [0.1, 0.15) is 35.8 Å². The van der Waals surface area contributed by atoms with Crippen molar-refractivity contribution in [2.75, 3.05) is 39.8 Å². The summed E-state index contributed by atoms with van der Waals surface area (Å²) >= 11 is 0. The van der Waals surface area contributed by atoms with Crippen LogP contribution in [-0.4, -0.2) is 78.5 Å². The molecule has 10 heteroatoms. The molecule has 0 aromatic heterocycles. The van der Waals surface area contributed by atoms with Crippen molar-refractivity contribution in [2.45, 2.75) is 25.9 Å². The van der Waals surface area contributed by atoms with Gasteiger partial charge in [-0.1, -0.05) is 24.3 Å². The lowest BCUT2D eigenvalue weighted by Crippen LogP contribution is -2.56. The number of urea groups is 1. The quantitative estimate of drug-likeness (QED) is 0.601. The Hall–Kier alpha value is -3.79. The van der Waals surface area contributed by atoms with Crippen LogP contribution >= 0.6 is 0 Å². The van der Waals surface area contributed by atoms with E-state index in [9.17, 15) is 23.2 Å². The second-order valence-electron chi connectivity index (χ2n) is 9.14. The lowest BCUT2D eigenvalue weighted by Gasteiger charge is -2.42. The Labute approximate surface area is 214 Å².